The van der Waals surface area contributed by atoms with Gasteiger partial charge in [-0.2, -0.15) is 0 Å². The molecule has 2 saturated heterocycles. The van der Waals surface area contributed by atoms with E-state index in [0.717, 1.165) is 0 Å². The van der Waals surface area contributed by atoms with E-state index in [9.17, 15) is 0 Å². The molecule has 0 aromatic carbocycles. The molecule has 0 radical (unpaired) electrons. The zero-order valence-corrected chi connectivity index (χ0v) is 11.7. The van der Waals surface area contributed by atoms with Crippen LogP contribution in [-0.2, 0) is 0 Å². The minimum atomic E-state index is 0.604. The fraction of sp³-hybridized carbons (Fsp3) is 1.00. The van der Waals surface area contributed by atoms with Crippen molar-refractivity contribution < 1.29 is 0 Å². The molecule has 0 aliphatic carbocycles. The Morgan fingerprint density at radius 1 is 1.00 bits per heavy atom. The quantitative estimate of drug-likeness (QED) is 0.780. The Balaban J connectivity index is 1.80. The third-order valence-corrected chi connectivity index (χ3v) is 3.85. The fourth-order valence-corrected chi connectivity index (χ4v) is 2.90. The third-order valence-electron chi connectivity index (χ3n) is 3.85. The van der Waals surface area contributed by atoms with Crippen LogP contribution in [0.5, 0.6) is 0 Å². The highest BCUT2D eigenvalue weighted by molar-refractivity contribution is 4.80. The summed E-state index contributed by atoms with van der Waals surface area (Å²) in [5.74, 6) is 0. The number of rotatable bonds is 3. The largest absolute Gasteiger partial charge is 0.310 e. The second kappa shape index (κ2) is 6.14. The summed E-state index contributed by atoms with van der Waals surface area (Å²) in [4.78, 5) is 2.42. The standard InChI is InChI=1S/C13H28N4/c1-12(2)14-13-5-4-6-17(11-13)16-9-7-15(3)8-10-16/h12-14H,4-11H2,1-3H3. The monoisotopic (exact) mass is 240 g/mol. The first-order chi connectivity index (χ1) is 8.15. The van der Waals surface area contributed by atoms with Crippen molar-refractivity contribution in [2.45, 2.75) is 38.8 Å². The summed E-state index contributed by atoms with van der Waals surface area (Å²) in [6, 6.07) is 1.29. The van der Waals surface area contributed by atoms with E-state index in [1.165, 1.54) is 52.1 Å². The topological polar surface area (TPSA) is 21.8 Å². The molecule has 0 aromatic rings. The van der Waals surface area contributed by atoms with E-state index >= 15 is 0 Å². The molecule has 2 rings (SSSR count). The Kier molecular flexibility index (Phi) is 4.79. The van der Waals surface area contributed by atoms with Gasteiger partial charge in [-0.15, -0.1) is 0 Å². The van der Waals surface area contributed by atoms with Gasteiger partial charge in [0.05, 0.1) is 0 Å². The lowest BCUT2D eigenvalue weighted by atomic mass is 10.1. The molecular formula is C13H28N4. The fourth-order valence-electron chi connectivity index (χ4n) is 2.90. The Morgan fingerprint density at radius 3 is 2.35 bits per heavy atom. The van der Waals surface area contributed by atoms with Crippen molar-refractivity contribution in [2.75, 3.05) is 46.3 Å². The van der Waals surface area contributed by atoms with Crippen LogP contribution < -0.4 is 5.32 Å². The molecule has 1 atom stereocenters. The van der Waals surface area contributed by atoms with Gasteiger partial charge in [0.15, 0.2) is 0 Å². The number of hydrazine groups is 1. The molecule has 1 unspecified atom stereocenters. The normalized spacial score (nSPS) is 30.0. The summed E-state index contributed by atoms with van der Waals surface area (Å²) in [7, 11) is 2.22. The lowest BCUT2D eigenvalue weighted by Crippen LogP contribution is -2.58. The molecule has 0 amide bonds. The smallest absolute Gasteiger partial charge is 0.0287 e. The third kappa shape index (κ3) is 3.91. The summed E-state index contributed by atoms with van der Waals surface area (Å²) in [5, 5.41) is 8.82. The molecule has 4 heteroatoms. The average molecular weight is 240 g/mol. The van der Waals surface area contributed by atoms with Gasteiger partial charge in [0.1, 0.15) is 0 Å². The van der Waals surface area contributed by atoms with Crippen LogP contribution in [0.2, 0.25) is 0 Å². The minimum Gasteiger partial charge on any atom is -0.310 e. The molecule has 4 nitrogen and oxygen atoms in total. The van der Waals surface area contributed by atoms with E-state index in [2.05, 4.69) is 41.1 Å². The first-order valence-electron chi connectivity index (χ1n) is 7.09. The Bertz CT molecular complexity index is 223. The van der Waals surface area contributed by atoms with Gasteiger partial charge < -0.3 is 10.2 Å². The summed E-state index contributed by atoms with van der Waals surface area (Å²) < 4.78 is 0. The highest BCUT2D eigenvalue weighted by atomic mass is 15.6. The van der Waals surface area contributed by atoms with Crippen LogP contribution in [0.1, 0.15) is 26.7 Å². The zero-order chi connectivity index (χ0) is 12.3. The van der Waals surface area contributed by atoms with Gasteiger partial charge in [-0.1, -0.05) is 13.8 Å². The van der Waals surface area contributed by atoms with Crippen molar-refractivity contribution in [3.63, 3.8) is 0 Å². The maximum Gasteiger partial charge on any atom is 0.0287 e. The minimum absolute atomic E-state index is 0.604. The van der Waals surface area contributed by atoms with Crippen molar-refractivity contribution in [1.29, 1.82) is 0 Å². The molecule has 2 aliphatic heterocycles. The molecule has 0 bridgehead atoms. The molecular weight excluding hydrogens is 212 g/mol. The summed E-state index contributed by atoms with van der Waals surface area (Å²) in [6.45, 7) is 11.7. The molecule has 2 aliphatic rings. The van der Waals surface area contributed by atoms with Gasteiger partial charge in [-0.25, -0.2) is 10.0 Å². The SMILES string of the molecule is CC(C)NC1CCCN(N2CCN(C)CC2)C1. The lowest BCUT2D eigenvalue weighted by molar-refractivity contribution is -0.0720. The number of piperazine rings is 1. The Labute approximate surface area is 106 Å². The lowest BCUT2D eigenvalue weighted by Gasteiger charge is -2.44. The second-order valence-electron chi connectivity index (χ2n) is 5.83. The van der Waals surface area contributed by atoms with E-state index in [0.29, 0.717) is 12.1 Å². The Hall–Kier alpha value is -0.160. The number of likely N-dealkylation sites (N-methyl/N-ethyl adjacent to an activating group) is 1. The Morgan fingerprint density at radius 2 is 1.71 bits per heavy atom. The van der Waals surface area contributed by atoms with Crippen LogP contribution >= 0.6 is 0 Å². The van der Waals surface area contributed by atoms with Gasteiger partial charge in [0.2, 0.25) is 0 Å². The summed E-state index contributed by atoms with van der Waals surface area (Å²) >= 11 is 0. The van der Waals surface area contributed by atoms with Crippen molar-refractivity contribution in [1.82, 2.24) is 20.2 Å². The molecule has 0 spiro atoms. The van der Waals surface area contributed by atoms with Crippen molar-refractivity contribution in [3.05, 3.63) is 0 Å². The highest BCUT2D eigenvalue weighted by Gasteiger charge is 2.26. The molecule has 17 heavy (non-hydrogen) atoms. The van der Waals surface area contributed by atoms with Crippen LogP contribution in [0.25, 0.3) is 0 Å². The summed E-state index contributed by atoms with van der Waals surface area (Å²) in [5.41, 5.74) is 0. The van der Waals surface area contributed by atoms with E-state index in [1.54, 1.807) is 0 Å². The average Bonchev–Trinajstić information content (AvgIpc) is 2.29. The van der Waals surface area contributed by atoms with Gasteiger partial charge in [0.25, 0.3) is 0 Å². The number of hydrogen-bond donors (Lipinski definition) is 1. The molecule has 2 heterocycles. The van der Waals surface area contributed by atoms with E-state index in [-0.39, 0.29) is 0 Å². The van der Waals surface area contributed by atoms with E-state index < -0.39 is 0 Å². The first kappa shape index (κ1) is 13.3. The molecule has 1 N–H and O–H groups in total. The van der Waals surface area contributed by atoms with Gasteiger partial charge in [-0.3, -0.25) is 0 Å². The number of piperidine rings is 1. The number of nitrogens with zero attached hydrogens (tertiary/aromatic N) is 3. The van der Waals surface area contributed by atoms with Gasteiger partial charge in [0, 0.05) is 51.4 Å². The van der Waals surface area contributed by atoms with Gasteiger partial charge >= 0.3 is 0 Å². The van der Waals surface area contributed by atoms with Crippen LogP contribution in [0.15, 0.2) is 0 Å². The van der Waals surface area contributed by atoms with Crippen LogP contribution in [-0.4, -0.2) is 73.3 Å². The summed E-state index contributed by atoms with van der Waals surface area (Å²) in [6.07, 6.45) is 2.67. The number of hydrogen-bond acceptors (Lipinski definition) is 4. The number of nitrogens with one attached hydrogen (secondary N) is 1. The molecule has 100 valence electrons. The van der Waals surface area contributed by atoms with Crippen LogP contribution in [0, 0.1) is 0 Å². The van der Waals surface area contributed by atoms with E-state index in [1.807, 2.05) is 0 Å². The predicted octanol–water partition coefficient (Wildman–Crippen LogP) is 0.611. The molecule has 0 aromatic heterocycles. The van der Waals surface area contributed by atoms with Crippen molar-refractivity contribution in [2.24, 2.45) is 0 Å². The highest BCUT2D eigenvalue weighted by Crippen LogP contribution is 2.14. The zero-order valence-electron chi connectivity index (χ0n) is 11.7. The molecule has 0 saturated carbocycles. The first-order valence-corrected chi connectivity index (χ1v) is 7.09. The van der Waals surface area contributed by atoms with E-state index in [4.69, 9.17) is 0 Å². The maximum atomic E-state index is 3.68. The van der Waals surface area contributed by atoms with Crippen LogP contribution in [0.4, 0.5) is 0 Å². The predicted molar refractivity (Wildman–Crippen MR) is 71.9 cm³/mol. The second-order valence-corrected chi connectivity index (χ2v) is 5.83. The maximum absolute atomic E-state index is 3.68. The van der Waals surface area contributed by atoms with Crippen LogP contribution in [0.3, 0.4) is 0 Å². The van der Waals surface area contributed by atoms with Crippen molar-refractivity contribution in [3.8, 4) is 0 Å². The molecule has 2 fully saturated rings. The van der Waals surface area contributed by atoms with Crippen molar-refractivity contribution >= 4 is 0 Å². The van der Waals surface area contributed by atoms with Gasteiger partial charge in [-0.05, 0) is 19.9 Å².